The number of rotatable bonds is 5. The van der Waals surface area contributed by atoms with E-state index >= 15 is 0 Å². The second-order valence-electron chi connectivity index (χ2n) is 4.13. The summed E-state index contributed by atoms with van der Waals surface area (Å²) in [4.78, 5) is 7.34. The Morgan fingerprint density at radius 2 is 2.21 bits per heavy atom. The molecule has 1 atom stereocenters. The normalized spacial score (nSPS) is 14.1. The molecule has 1 aromatic carbocycles. The first-order valence-electron chi connectivity index (χ1n) is 5.48. The first-order chi connectivity index (χ1) is 9.05. The second kappa shape index (κ2) is 5.23. The zero-order valence-corrected chi connectivity index (χ0v) is 10.0. The zero-order chi connectivity index (χ0) is 13.9. The fraction of sp³-hybridized carbons (Fsp3) is 0.250. The standard InChI is InChI=1S/C12H12F2N4O/c1-15-5-12(19,6-18-8-16-7-17-18)10-3-2-9(13)4-11(10)14/h2-4,7-8,19H,1,5-6H2. The highest BCUT2D eigenvalue weighted by molar-refractivity contribution is 5.28. The van der Waals surface area contributed by atoms with E-state index in [0.29, 0.717) is 6.07 Å². The van der Waals surface area contributed by atoms with Crippen molar-refractivity contribution in [3.63, 3.8) is 0 Å². The SMILES string of the molecule is C=NCC(O)(Cn1cncn1)c1ccc(F)cc1F. The van der Waals surface area contributed by atoms with Crippen molar-refractivity contribution in [2.75, 3.05) is 6.54 Å². The van der Waals surface area contributed by atoms with Gasteiger partial charge in [-0.15, -0.1) is 0 Å². The van der Waals surface area contributed by atoms with E-state index in [1.54, 1.807) is 0 Å². The largest absolute Gasteiger partial charge is 0.381 e. The molecule has 1 N–H and O–H groups in total. The molecule has 0 aliphatic carbocycles. The molecule has 0 spiro atoms. The topological polar surface area (TPSA) is 63.3 Å². The average Bonchev–Trinajstić information content (AvgIpc) is 2.81. The van der Waals surface area contributed by atoms with Gasteiger partial charge in [-0.3, -0.25) is 4.99 Å². The van der Waals surface area contributed by atoms with E-state index in [0.717, 1.165) is 6.07 Å². The molecule has 0 radical (unpaired) electrons. The molecule has 1 heterocycles. The third kappa shape index (κ3) is 2.82. The van der Waals surface area contributed by atoms with E-state index in [1.807, 2.05) is 0 Å². The molecule has 0 bridgehead atoms. The van der Waals surface area contributed by atoms with Gasteiger partial charge in [-0.05, 0) is 12.8 Å². The van der Waals surface area contributed by atoms with Gasteiger partial charge >= 0.3 is 0 Å². The van der Waals surface area contributed by atoms with Gasteiger partial charge in [0.2, 0.25) is 0 Å². The summed E-state index contributed by atoms with van der Waals surface area (Å²) in [5, 5.41) is 14.4. The second-order valence-corrected chi connectivity index (χ2v) is 4.13. The minimum Gasteiger partial charge on any atom is -0.381 e. The third-order valence-corrected chi connectivity index (χ3v) is 2.70. The number of aliphatic hydroxyl groups is 1. The summed E-state index contributed by atoms with van der Waals surface area (Å²) >= 11 is 0. The number of aliphatic imine (C=N–C) groups is 1. The number of benzene rings is 1. The van der Waals surface area contributed by atoms with Crippen molar-refractivity contribution in [1.29, 1.82) is 0 Å². The molecule has 0 aliphatic heterocycles. The zero-order valence-electron chi connectivity index (χ0n) is 10.0. The molecule has 0 saturated heterocycles. The van der Waals surface area contributed by atoms with Crippen LogP contribution in [0.15, 0.2) is 35.8 Å². The molecule has 100 valence electrons. The lowest BCUT2D eigenvalue weighted by molar-refractivity contribution is 0.0212. The van der Waals surface area contributed by atoms with Crippen LogP contribution >= 0.6 is 0 Å². The monoisotopic (exact) mass is 266 g/mol. The molecular formula is C12H12F2N4O. The lowest BCUT2D eigenvalue weighted by atomic mass is 9.93. The molecule has 2 aromatic rings. The molecule has 0 amide bonds. The Hall–Kier alpha value is -2.15. The van der Waals surface area contributed by atoms with Gasteiger partial charge in [-0.2, -0.15) is 5.10 Å². The van der Waals surface area contributed by atoms with Crippen molar-refractivity contribution in [3.8, 4) is 0 Å². The summed E-state index contributed by atoms with van der Waals surface area (Å²) in [5.41, 5.74) is -1.72. The first-order valence-corrected chi connectivity index (χ1v) is 5.48. The maximum atomic E-state index is 13.8. The summed E-state index contributed by atoms with van der Waals surface area (Å²) in [6, 6.07) is 2.98. The van der Waals surface area contributed by atoms with Crippen molar-refractivity contribution in [3.05, 3.63) is 48.1 Å². The number of nitrogens with zero attached hydrogens (tertiary/aromatic N) is 4. The first kappa shape index (κ1) is 13.3. The van der Waals surface area contributed by atoms with Gasteiger partial charge in [0.15, 0.2) is 0 Å². The quantitative estimate of drug-likeness (QED) is 0.825. The van der Waals surface area contributed by atoms with Crippen LogP contribution in [0.25, 0.3) is 0 Å². The molecule has 2 rings (SSSR count). The molecule has 1 aromatic heterocycles. The van der Waals surface area contributed by atoms with Gasteiger partial charge in [-0.25, -0.2) is 18.4 Å². The molecular weight excluding hydrogens is 254 g/mol. The average molecular weight is 266 g/mol. The van der Waals surface area contributed by atoms with Crippen LogP contribution in [-0.4, -0.2) is 33.1 Å². The van der Waals surface area contributed by atoms with E-state index in [1.165, 1.54) is 23.4 Å². The summed E-state index contributed by atoms with van der Waals surface area (Å²) in [6.07, 6.45) is 2.68. The Kier molecular flexibility index (Phi) is 3.66. The summed E-state index contributed by atoms with van der Waals surface area (Å²) in [6.45, 7) is 3.09. The molecule has 0 saturated carbocycles. The molecule has 7 heteroatoms. The van der Waals surface area contributed by atoms with E-state index < -0.39 is 17.2 Å². The predicted molar refractivity (Wildman–Crippen MR) is 64.7 cm³/mol. The molecule has 1 unspecified atom stereocenters. The van der Waals surface area contributed by atoms with Crippen LogP contribution in [-0.2, 0) is 12.1 Å². The van der Waals surface area contributed by atoms with Crippen LogP contribution in [0.4, 0.5) is 8.78 Å². The Balaban J connectivity index is 2.40. The number of hydrogen-bond donors (Lipinski definition) is 1. The van der Waals surface area contributed by atoms with E-state index in [2.05, 4.69) is 21.8 Å². The van der Waals surface area contributed by atoms with E-state index in [-0.39, 0.29) is 18.7 Å². The van der Waals surface area contributed by atoms with Gasteiger partial charge in [0.25, 0.3) is 0 Å². The van der Waals surface area contributed by atoms with Crippen LogP contribution in [0.2, 0.25) is 0 Å². The lowest BCUT2D eigenvalue weighted by Crippen LogP contribution is -2.36. The highest BCUT2D eigenvalue weighted by Crippen LogP contribution is 2.26. The Bertz CT molecular complexity index is 573. The Labute approximate surface area is 108 Å². The lowest BCUT2D eigenvalue weighted by Gasteiger charge is -2.27. The fourth-order valence-electron chi connectivity index (χ4n) is 1.85. The van der Waals surface area contributed by atoms with Gasteiger partial charge in [0, 0.05) is 11.6 Å². The molecule has 0 fully saturated rings. The van der Waals surface area contributed by atoms with Gasteiger partial charge < -0.3 is 5.11 Å². The maximum Gasteiger partial charge on any atom is 0.137 e. The van der Waals surface area contributed by atoms with E-state index in [4.69, 9.17) is 0 Å². The van der Waals surface area contributed by atoms with E-state index in [9.17, 15) is 13.9 Å². The summed E-state index contributed by atoms with van der Waals surface area (Å²) in [5.74, 6) is -1.55. The predicted octanol–water partition coefficient (Wildman–Crippen LogP) is 1.14. The van der Waals surface area contributed by atoms with Crippen LogP contribution in [0, 0.1) is 11.6 Å². The van der Waals surface area contributed by atoms with Gasteiger partial charge in [0.05, 0.1) is 13.1 Å². The van der Waals surface area contributed by atoms with Crippen LogP contribution in [0.5, 0.6) is 0 Å². The molecule has 5 nitrogen and oxygen atoms in total. The van der Waals surface area contributed by atoms with Crippen LogP contribution < -0.4 is 0 Å². The van der Waals surface area contributed by atoms with Crippen LogP contribution in [0.3, 0.4) is 0 Å². The third-order valence-electron chi connectivity index (χ3n) is 2.70. The minimum absolute atomic E-state index is 0.0585. The number of hydrogen-bond acceptors (Lipinski definition) is 4. The fourth-order valence-corrected chi connectivity index (χ4v) is 1.85. The Morgan fingerprint density at radius 1 is 1.42 bits per heavy atom. The van der Waals surface area contributed by atoms with Gasteiger partial charge in [-0.1, -0.05) is 6.07 Å². The van der Waals surface area contributed by atoms with Gasteiger partial charge in [0.1, 0.15) is 29.9 Å². The summed E-state index contributed by atoms with van der Waals surface area (Å²) < 4.78 is 28.0. The van der Waals surface area contributed by atoms with Crippen molar-refractivity contribution in [2.24, 2.45) is 4.99 Å². The molecule has 0 aliphatic rings. The van der Waals surface area contributed by atoms with Crippen molar-refractivity contribution in [1.82, 2.24) is 14.8 Å². The van der Waals surface area contributed by atoms with Crippen LogP contribution in [0.1, 0.15) is 5.56 Å². The van der Waals surface area contributed by atoms with Crippen molar-refractivity contribution < 1.29 is 13.9 Å². The number of halogens is 2. The van der Waals surface area contributed by atoms with Crippen molar-refractivity contribution in [2.45, 2.75) is 12.1 Å². The smallest absolute Gasteiger partial charge is 0.137 e. The highest BCUT2D eigenvalue weighted by Gasteiger charge is 2.33. The van der Waals surface area contributed by atoms with Crippen molar-refractivity contribution >= 4 is 6.72 Å². The Morgan fingerprint density at radius 3 is 2.79 bits per heavy atom. The number of aromatic nitrogens is 3. The maximum absolute atomic E-state index is 13.8. The summed E-state index contributed by atoms with van der Waals surface area (Å²) in [7, 11) is 0. The highest BCUT2D eigenvalue weighted by atomic mass is 19.1. The molecule has 19 heavy (non-hydrogen) atoms. The minimum atomic E-state index is -1.66.